The van der Waals surface area contributed by atoms with E-state index in [4.69, 9.17) is 4.74 Å². The number of ether oxygens (including phenoxy) is 1. The number of carbonyl (C=O) groups is 1. The number of pyridine rings is 1. The molecular formula is C23H15F7N2O2. The monoisotopic (exact) mass is 484 g/mol. The maximum Gasteiger partial charge on any atom is 0.416 e. The van der Waals surface area contributed by atoms with Gasteiger partial charge in [0.15, 0.2) is 0 Å². The van der Waals surface area contributed by atoms with Crippen LogP contribution >= 0.6 is 0 Å². The highest BCUT2D eigenvalue weighted by Crippen LogP contribution is 2.37. The van der Waals surface area contributed by atoms with Crippen LogP contribution in [0.5, 0.6) is 5.88 Å². The van der Waals surface area contributed by atoms with E-state index in [0.29, 0.717) is 28.8 Å². The van der Waals surface area contributed by atoms with Crippen molar-refractivity contribution in [2.75, 3.05) is 13.2 Å². The van der Waals surface area contributed by atoms with Crippen LogP contribution < -0.4 is 4.74 Å². The highest BCUT2D eigenvalue weighted by molar-refractivity contribution is 5.95. The lowest BCUT2D eigenvalue weighted by atomic mass is 10.00. The summed E-state index contributed by atoms with van der Waals surface area (Å²) in [4.78, 5) is 18.3. The number of nitrogens with zero attached hydrogens (tertiary/aromatic N) is 2. The molecule has 0 aliphatic carbocycles. The number of hydrogen-bond acceptors (Lipinski definition) is 3. The van der Waals surface area contributed by atoms with Gasteiger partial charge < -0.3 is 9.64 Å². The summed E-state index contributed by atoms with van der Waals surface area (Å²) in [6.07, 6.45) is -8.72. The van der Waals surface area contributed by atoms with Crippen molar-refractivity contribution in [3.63, 3.8) is 0 Å². The third kappa shape index (κ3) is 4.82. The molecule has 2 heterocycles. The molecule has 178 valence electrons. The Labute approximate surface area is 188 Å². The van der Waals surface area contributed by atoms with Crippen LogP contribution in [0.3, 0.4) is 0 Å². The highest BCUT2D eigenvalue weighted by Gasteiger charge is 2.38. The van der Waals surface area contributed by atoms with Gasteiger partial charge in [0.1, 0.15) is 12.4 Å². The van der Waals surface area contributed by atoms with Gasteiger partial charge in [-0.25, -0.2) is 9.37 Å². The molecule has 4 rings (SSSR count). The first kappa shape index (κ1) is 23.5. The molecule has 0 radical (unpaired) electrons. The second-order valence-electron chi connectivity index (χ2n) is 7.52. The second-order valence-corrected chi connectivity index (χ2v) is 7.52. The molecule has 0 saturated carbocycles. The lowest BCUT2D eigenvalue weighted by Crippen LogP contribution is -2.33. The number of rotatable bonds is 2. The van der Waals surface area contributed by atoms with Gasteiger partial charge in [0.2, 0.25) is 5.88 Å². The fourth-order valence-electron chi connectivity index (χ4n) is 3.61. The van der Waals surface area contributed by atoms with Crippen LogP contribution in [0.4, 0.5) is 30.7 Å². The molecule has 3 aromatic rings. The zero-order valence-corrected chi connectivity index (χ0v) is 17.2. The van der Waals surface area contributed by atoms with Gasteiger partial charge in [0.05, 0.1) is 24.2 Å². The van der Waals surface area contributed by atoms with E-state index in [1.165, 1.54) is 30.5 Å². The van der Waals surface area contributed by atoms with Crippen LogP contribution in [0, 0.1) is 5.82 Å². The van der Waals surface area contributed by atoms with Crippen LogP contribution in [-0.4, -0.2) is 28.9 Å². The molecule has 4 nitrogen and oxygen atoms in total. The van der Waals surface area contributed by atoms with Gasteiger partial charge in [-0.3, -0.25) is 4.79 Å². The first-order valence-electron chi connectivity index (χ1n) is 9.89. The zero-order chi connectivity index (χ0) is 24.7. The Kier molecular flexibility index (Phi) is 5.96. The van der Waals surface area contributed by atoms with Crippen LogP contribution in [0.15, 0.2) is 54.7 Å². The molecule has 2 aromatic carbocycles. The third-order valence-corrected chi connectivity index (χ3v) is 5.24. The Morgan fingerprint density at radius 1 is 0.912 bits per heavy atom. The number of halogens is 7. The van der Waals surface area contributed by atoms with Gasteiger partial charge in [-0.15, -0.1) is 0 Å². The quantitative estimate of drug-likeness (QED) is 0.422. The standard InChI is InChI=1S/C23H15F7N2O2/c24-17-3-1-13(2-4-17)18-5-6-31-20-19(18)12-32(7-8-34-20)21(33)14-9-15(22(25,26)27)11-16(10-14)23(28,29)30/h1-6,9-11H,7-8,12H2. The van der Waals surface area contributed by atoms with E-state index < -0.39 is 40.8 Å². The summed E-state index contributed by atoms with van der Waals surface area (Å²) in [5.41, 5.74) is -2.42. The van der Waals surface area contributed by atoms with Crippen LogP contribution in [0.2, 0.25) is 0 Å². The average molecular weight is 484 g/mol. The van der Waals surface area contributed by atoms with Gasteiger partial charge in [0.25, 0.3) is 5.91 Å². The predicted octanol–water partition coefficient (Wildman–Crippen LogP) is 5.96. The van der Waals surface area contributed by atoms with E-state index in [1.54, 1.807) is 6.07 Å². The summed E-state index contributed by atoms with van der Waals surface area (Å²) < 4.78 is 98.3. The minimum absolute atomic E-state index is 0.0336. The normalized spacial score (nSPS) is 14.3. The molecule has 0 spiro atoms. The molecule has 11 heteroatoms. The van der Waals surface area contributed by atoms with E-state index in [0.717, 1.165) is 4.90 Å². The lowest BCUT2D eigenvalue weighted by molar-refractivity contribution is -0.143. The molecule has 1 aromatic heterocycles. The van der Waals surface area contributed by atoms with Crippen molar-refractivity contribution >= 4 is 5.91 Å². The van der Waals surface area contributed by atoms with E-state index >= 15 is 0 Å². The first-order valence-corrected chi connectivity index (χ1v) is 9.89. The Bertz CT molecular complexity index is 1190. The van der Waals surface area contributed by atoms with Crippen molar-refractivity contribution in [3.05, 3.63) is 82.8 Å². The molecule has 0 N–H and O–H groups in total. The van der Waals surface area contributed by atoms with Crippen molar-refractivity contribution < 1.29 is 40.3 Å². The van der Waals surface area contributed by atoms with Crippen molar-refractivity contribution in [2.45, 2.75) is 18.9 Å². The molecule has 1 aliphatic rings. The topological polar surface area (TPSA) is 42.4 Å². The van der Waals surface area contributed by atoms with Crippen molar-refractivity contribution in [1.29, 1.82) is 0 Å². The summed E-state index contributed by atoms with van der Waals surface area (Å²) in [5.74, 6) is -1.33. The summed E-state index contributed by atoms with van der Waals surface area (Å²) in [6.45, 7) is -0.369. The van der Waals surface area contributed by atoms with Gasteiger partial charge in [0, 0.05) is 17.3 Å². The Balaban J connectivity index is 1.74. The van der Waals surface area contributed by atoms with Crippen molar-refractivity contribution in [2.24, 2.45) is 0 Å². The largest absolute Gasteiger partial charge is 0.476 e. The number of alkyl halides is 6. The van der Waals surface area contributed by atoms with Gasteiger partial charge >= 0.3 is 12.4 Å². The molecule has 0 atom stereocenters. The van der Waals surface area contributed by atoms with E-state index in [1.807, 2.05) is 0 Å². The smallest absolute Gasteiger partial charge is 0.416 e. The lowest BCUT2D eigenvalue weighted by Gasteiger charge is -2.22. The second kappa shape index (κ2) is 8.62. The van der Waals surface area contributed by atoms with Gasteiger partial charge in [-0.2, -0.15) is 26.3 Å². The molecular weight excluding hydrogens is 469 g/mol. The van der Waals surface area contributed by atoms with Crippen molar-refractivity contribution in [3.8, 4) is 17.0 Å². The summed E-state index contributed by atoms with van der Waals surface area (Å²) in [5, 5.41) is 0. The summed E-state index contributed by atoms with van der Waals surface area (Å²) >= 11 is 0. The van der Waals surface area contributed by atoms with Gasteiger partial charge in [-0.05, 0) is 47.5 Å². The maximum absolute atomic E-state index is 13.3. The van der Waals surface area contributed by atoms with Crippen molar-refractivity contribution in [1.82, 2.24) is 9.88 Å². The van der Waals surface area contributed by atoms with Crippen LogP contribution in [-0.2, 0) is 18.9 Å². The maximum atomic E-state index is 13.3. The molecule has 0 bridgehead atoms. The van der Waals surface area contributed by atoms with Gasteiger partial charge in [-0.1, -0.05) is 12.1 Å². The number of amides is 1. The first-order chi connectivity index (χ1) is 15.9. The number of aromatic nitrogens is 1. The predicted molar refractivity (Wildman–Crippen MR) is 106 cm³/mol. The number of fused-ring (bicyclic) bond motifs is 1. The average Bonchev–Trinajstić information content (AvgIpc) is 3.00. The Hall–Kier alpha value is -3.63. The Morgan fingerprint density at radius 3 is 2.12 bits per heavy atom. The van der Waals surface area contributed by atoms with E-state index in [2.05, 4.69) is 4.98 Å². The summed E-state index contributed by atoms with van der Waals surface area (Å²) in [6, 6.07) is 7.79. The zero-order valence-electron chi connectivity index (χ0n) is 17.2. The minimum Gasteiger partial charge on any atom is -0.476 e. The molecule has 1 amide bonds. The third-order valence-electron chi connectivity index (χ3n) is 5.24. The minimum atomic E-state index is -5.08. The molecule has 0 saturated heterocycles. The van der Waals surface area contributed by atoms with E-state index in [-0.39, 0.29) is 31.6 Å². The molecule has 1 aliphatic heterocycles. The van der Waals surface area contributed by atoms with E-state index in [9.17, 15) is 35.5 Å². The van der Waals surface area contributed by atoms with Crippen LogP contribution in [0.25, 0.3) is 11.1 Å². The fraction of sp³-hybridized carbons (Fsp3) is 0.217. The number of hydrogen-bond donors (Lipinski definition) is 0. The van der Waals surface area contributed by atoms with Crippen LogP contribution in [0.1, 0.15) is 27.0 Å². The summed E-state index contributed by atoms with van der Waals surface area (Å²) in [7, 11) is 0. The number of carbonyl (C=O) groups excluding carboxylic acids is 1. The molecule has 34 heavy (non-hydrogen) atoms. The Morgan fingerprint density at radius 2 is 1.53 bits per heavy atom. The SMILES string of the molecule is O=C(c1cc(C(F)(F)F)cc(C(F)(F)F)c1)N1CCOc2nccc(-c3ccc(F)cc3)c2C1. The number of benzene rings is 2. The fourth-order valence-corrected chi connectivity index (χ4v) is 3.61. The highest BCUT2D eigenvalue weighted by atomic mass is 19.4. The molecule has 0 unspecified atom stereocenters. The molecule has 0 fully saturated rings.